The fraction of sp³-hybridized carbons (Fsp3) is 0.267. The zero-order valence-electron chi connectivity index (χ0n) is 20.7. The van der Waals surface area contributed by atoms with Crippen LogP contribution in [0.5, 0.6) is 0 Å². The van der Waals surface area contributed by atoms with Gasteiger partial charge in [0.1, 0.15) is 11.5 Å². The summed E-state index contributed by atoms with van der Waals surface area (Å²) in [6.45, 7) is -0.986. The van der Waals surface area contributed by atoms with Gasteiger partial charge in [-0.3, -0.25) is 13.8 Å². The normalized spacial score (nSPS) is 22.0. The number of allylic oxidation sites excluding steroid dienone is 2. The van der Waals surface area contributed by atoms with Crippen molar-refractivity contribution in [3.8, 4) is 22.4 Å². The highest BCUT2D eigenvalue weighted by Crippen LogP contribution is 2.47. The highest BCUT2D eigenvalue weighted by molar-refractivity contribution is 5.87. The Morgan fingerprint density at radius 2 is 1.71 bits per heavy atom. The van der Waals surface area contributed by atoms with Gasteiger partial charge in [0, 0.05) is 37.0 Å². The summed E-state index contributed by atoms with van der Waals surface area (Å²) >= 11 is 0. The molecule has 5 heterocycles. The van der Waals surface area contributed by atoms with Gasteiger partial charge in [0.05, 0.1) is 23.3 Å². The van der Waals surface area contributed by atoms with Gasteiger partial charge >= 0.3 is 6.55 Å². The predicted molar refractivity (Wildman–Crippen MR) is 143 cm³/mol. The number of rotatable bonds is 4. The fourth-order valence-corrected chi connectivity index (χ4v) is 6.42. The molecule has 1 aliphatic carbocycles. The molecule has 7 rings (SSSR count). The van der Waals surface area contributed by atoms with Crippen LogP contribution in [-0.2, 0) is 4.79 Å². The lowest BCUT2D eigenvalue weighted by molar-refractivity contribution is -0.129. The van der Waals surface area contributed by atoms with Crippen molar-refractivity contribution in [3.63, 3.8) is 0 Å². The number of fused-ring (bicyclic) bond motifs is 3. The summed E-state index contributed by atoms with van der Waals surface area (Å²) in [5, 5.41) is 3.20. The third-order valence-electron chi connectivity index (χ3n) is 8.47. The molecule has 4 aromatic rings. The highest BCUT2D eigenvalue weighted by atomic mass is 19.3. The second-order valence-corrected chi connectivity index (χ2v) is 10.4. The second-order valence-electron chi connectivity index (χ2n) is 10.4. The number of benzene rings is 1. The molecule has 2 atom stereocenters. The van der Waals surface area contributed by atoms with Gasteiger partial charge in [-0.25, -0.2) is 4.98 Å². The number of alkyl halides is 2. The number of piperidine rings is 1. The maximum Gasteiger partial charge on any atom is 0.318 e. The van der Waals surface area contributed by atoms with E-state index in [4.69, 9.17) is 0 Å². The van der Waals surface area contributed by atoms with Gasteiger partial charge in [-0.15, -0.1) is 0 Å². The van der Waals surface area contributed by atoms with Gasteiger partial charge in [0.15, 0.2) is 0 Å². The molecule has 2 aliphatic heterocycles. The van der Waals surface area contributed by atoms with Crippen molar-refractivity contribution in [3.05, 3.63) is 91.4 Å². The minimum absolute atomic E-state index is 0.0969. The molecule has 6 nitrogen and oxygen atoms in total. The molecule has 1 spiro atoms. The molecule has 0 radical (unpaired) electrons. The Morgan fingerprint density at radius 3 is 2.47 bits per heavy atom. The molecule has 2 unspecified atom stereocenters. The smallest absolute Gasteiger partial charge is 0.318 e. The van der Waals surface area contributed by atoms with Crippen LogP contribution >= 0.6 is 0 Å². The van der Waals surface area contributed by atoms with Crippen molar-refractivity contribution in [1.82, 2.24) is 19.3 Å². The van der Waals surface area contributed by atoms with Crippen LogP contribution < -0.4 is 10.2 Å². The van der Waals surface area contributed by atoms with Crippen molar-refractivity contribution >= 4 is 17.4 Å². The van der Waals surface area contributed by atoms with Crippen LogP contribution in [-0.4, -0.2) is 39.0 Å². The molecule has 38 heavy (non-hydrogen) atoms. The lowest BCUT2D eigenvalue weighted by Crippen LogP contribution is -2.47. The maximum atomic E-state index is 13.1. The lowest BCUT2D eigenvalue weighted by atomic mass is 9.67. The van der Waals surface area contributed by atoms with E-state index in [0.29, 0.717) is 0 Å². The monoisotopic (exact) mass is 511 g/mol. The first-order valence-electron chi connectivity index (χ1n) is 13.0. The van der Waals surface area contributed by atoms with Crippen molar-refractivity contribution < 1.29 is 13.6 Å². The van der Waals surface area contributed by atoms with E-state index in [1.165, 1.54) is 12.4 Å². The molecular weight excluding hydrogens is 484 g/mol. The van der Waals surface area contributed by atoms with E-state index in [0.717, 1.165) is 64.3 Å². The van der Waals surface area contributed by atoms with Crippen LogP contribution in [0.4, 0.5) is 14.6 Å². The van der Waals surface area contributed by atoms with Crippen LogP contribution in [0.1, 0.15) is 19.4 Å². The zero-order valence-corrected chi connectivity index (χ0v) is 20.7. The molecule has 0 saturated carbocycles. The van der Waals surface area contributed by atoms with Crippen LogP contribution in [0.3, 0.4) is 0 Å². The summed E-state index contributed by atoms with van der Waals surface area (Å²) in [5.41, 5.74) is 4.09. The minimum Gasteiger partial charge on any atom is -0.358 e. The number of imidazole rings is 1. The first-order valence-corrected chi connectivity index (χ1v) is 13.0. The maximum absolute atomic E-state index is 13.1. The molecular formula is C30H27F2N5O. The van der Waals surface area contributed by atoms with E-state index >= 15 is 0 Å². The lowest BCUT2D eigenvalue weighted by Gasteiger charge is -2.42. The largest absolute Gasteiger partial charge is 0.358 e. The molecule has 2 saturated heterocycles. The van der Waals surface area contributed by atoms with Crippen molar-refractivity contribution in [2.75, 3.05) is 18.0 Å². The summed E-state index contributed by atoms with van der Waals surface area (Å²) in [6, 6.07) is 15.8. The first-order chi connectivity index (χ1) is 18.5. The SMILES string of the molecule is O=C1NC2C=CC=CC2C12CCN(c1cccc3ncc(-c4ccc(-c5ccn(C(F)F)c5)cc4)n13)CC2. The van der Waals surface area contributed by atoms with Crippen LogP contribution in [0.15, 0.2) is 91.4 Å². The number of halogens is 2. The molecule has 1 amide bonds. The second kappa shape index (κ2) is 8.68. The molecule has 3 aliphatic rings. The Hall–Kier alpha value is -4.20. The van der Waals surface area contributed by atoms with Crippen molar-refractivity contribution in [1.29, 1.82) is 0 Å². The third-order valence-corrected chi connectivity index (χ3v) is 8.47. The number of carbonyl (C=O) groups is 1. The van der Waals surface area contributed by atoms with Crippen LogP contribution in [0.2, 0.25) is 0 Å². The molecule has 2 fully saturated rings. The summed E-state index contributed by atoms with van der Waals surface area (Å²) in [6.07, 6.45) is 14.7. The molecule has 8 heteroatoms. The van der Waals surface area contributed by atoms with Crippen molar-refractivity contribution in [2.45, 2.75) is 25.4 Å². The predicted octanol–water partition coefficient (Wildman–Crippen LogP) is 5.69. The average molecular weight is 512 g/mol. The summed E-state index contributed by atoms with van der Waals surface area (Å²) in [5.74, 6) is 1.43. The molecule has 1 N–H and O–H groups in total. The fourth-order valence-electron chi connectivity index (χ4n) is 6.42. The average Bonchev–Trinajstić information content (AvgIpc) is 3.67. The van der Waals surface area contributed by atoms with Crippen molar-refractivity contribution in [2.24, 2.45) is 11.3 Å². The van der Waals surface area contributed by atoms with Gasteiger partial charge in [-0.05, 0) is 42.2 Å². The number of hydrogen-bond acceptors (Lipinski definition) is 3. The number of anilines is 1. The molecule has 192 valence electrons. The van der Waals surface area contributed by atoms with E-state index < -0.39 is 6.55 Å². The van der Waals surface area contributed by atoms with E-state index in [9.17, 15) is 13.6 Å². The van der Waals surface area contributed by atoms with Crippen LogP contribution in [0, 0.1) is 11.3 Å². The Kier molecular flexibility index (Phi) is 5.25. The number of carbonyl (C=O) groups excluding carboxylic acids is 1. The summed E-state index contributed by atoms with van der Waals surface area (Å²) in [4.78, 5) is 20.1. The van der Waals surface area contributed by atoms with Gasteiger partial charge < -0.3 is 10.2 Å². The number of hydrogen-bond donors (Lipinski definition) is 1. The molecule has 1 aromatic carbocycles. The number of nitrogens with zero attached hydrogens (tertiary/aromatic N) is 4. The Morgan fingerprint density at radius 1 is 0.947 bits per heavy atom. The Bertz CT molecular complexity index is 1570. The zero-order chi connectivity index (χ0) is 25.9. The molecule has 0 bridgehead atoms. The molecule has 3 aromatic heterocycles. The van der Waals surface area contributed by atoms with Gasteiger partial charge in [0.25, 0.3) is 0 Å². The van der Waals surface area contributed by atoms with Gasteiger partial charge in [-0.2, -0.15) is 8.78 Å². The summed E-state index contributed by atoms with van der Waals surface area (Å²) < 4.78 is 29.0. The number of aromatic nitrogens is 3. The van der Waals surface area contributed by atoms with E-state index in [1.54, 1.807) is 6.07 Å². The Labute approximate surface area is 218 Å². The van der Waals surface area contributed by atoms with Gasteiger partial charge in [0.2, 0.25) is 5.91 Å². The van der Waals surface area contributed by atoms with E-state index in [-0.39, 0.29) is 23.3 Å². The highest BCUT2D eigenvalue weighted by Gasteiger charge is 2.54. The number of pyridine rings is 1. The number of nitrogens with one attached hydrogen (secondary N) is 1. The van der Waals surface area contributed by atoms with Crippen LogP contribution in [0.25, 0.3) is 28.0 Å². The summed E-state index contributed by atoms with van der Waals surface area (Å²) in [7, 11) is 0. The van der Waals surface area contributed by atoms with E-state index in [1.807, 2.05) is 48.7 Å². The standard InChI is InChI=1S/C30H27F2N5O/c31-29(32)36-15-12-22(19-36)20-8-10-21(11-9-20)25-18-33-26-6-3-7-27(37(25)26)35-16-13-30(14-17-35)23-4-1-2-5-24(23)34-28(30)38/h1-12,15,18-19,23-24,29H,13-14,16-17H2,(H,34,38). The quantitative estimate of drug-likeness (QED) is 0.383. The minimum atomic E-state index is -2.55. The van der Waals surface area contributed by atoms with E-state index in [2.05, 4.69) is 43.9 Å². The Balaban J connectivity index is 1.18. The topological polar surface area (TPSA) is 54.6 Å². The third kappa shape index (κ3) is 3.50. The van der Waals surface area contributed by atoms with Gasteiger partial charge in [-0.1, -0.05) is 54.6 Å². The number of amides is 1. The first kappa shape index (κ1) is 23.0.